The quantitative estimate of drug-likeness (QED) is 0.850. The van der Waals surface area contributed by atoms with Crippen molar-refractivity contribution in [3.8, 4) is 0 Å². The van der Waals surface area contributed by atoms with Gasteiger partial charge in [-0.2, -0.15) is 5.10 Å². The van der Waals surface area contributed by atoms with Gasteiger partial charge in [-0.05, 0) is 30.2 Å². The number of pyridine rings is 1. The lowest BCUT2D eigenvalue weighted by molar-refractivity contribution is 0.548. The van der Waals surface area contributed by atoms with Crippen LogP contribution in [0.2, 0.25) is 0 Å². The van der Waals surface area contributed by atoms with E-state index in [4.69, 9.17) is 0 Å². The molecule has 2 heterocycles. The van der Waals surface area contributed by atoms with Gasteiger partial charge in [0.05, 0.1) is 6.20 Å². The number of hydrogen-bond donors (Lipinski definition) is 1. The Balaban J connectivity index is 2.13. The number of aromatic nitrogens is 3. The second kappa shape index (κ2) is 5.59. The van der Waals surface area contributed by atoms with Crippen molar-refractivity contribution in [2.75, 3.05) is 6.54 Å². The van der Waals surface area contributed by atoms with Crippen molar-refractivity contribution in [1.82, 2.24) is 20.1 Å². The van der Waals surface area contributed by atoms with Crippen molar-refractivity contribution in [2.24, 2.45) is 7.05 Å². The summed E-state index contributed by atoms with van der Waals surface area (Å²) in [5, 5.41) is 7.68. The normalized spacial score (nSPS) is 12.6. The third kappa shape index (κ3) is 3.14. The van der Waals surface area contributed by atoms with Crippen molar-refractivity contribution in [3.63, 3.8) is 0 Å². The van der Waals surface area contributed by atoms with Crippen molar-refractivity contribution in [1.29, 1.82) is 0 Å². The van der Waals surface area contributed by atoms with Gasteiger partial charge in [0.2, 0.25) is 0 Å². The van der Waals surface area contributed by atoms with Crippen LogP contribution in [-0.2, 0) is 13.5 Å². The molecule has 0 aliphatic heterocycles. The van der Waals surface area contributed by atoms with E-state index in [1.165, 1.54) is 11.1 Å². The minimum atomic E-state index is 0.304. The van der Waals surface area contributed by atoms with Crippen LogP contribution in [0.25, 0.3) is 0 Å². The second-order valence-electron chi connectivity index (χ2n) is 4.12. The van der Waals surface area contributed by atoms with Gasteiger partial charge in [0, 0.05) is 31.7 Å². The molecule has 17 heavy (non-hydrogen) atoms. The van der Waals surface area contributed by atoms with Crippen molar-refractivity contribution >= 4 is 0 Å². The first-order valence-electron chi connectivity index (χ1n) is 5.90. The lowest BCUT2D eigenvalue weighted by Gasteiger charge is -2.16. The molecule has 4 nitrogen and oxygen atoms in total. The number of rotatable bonds is 5. The van der Waals surface area contributed by atoms with Gasteiger partial charge in [-0.15, -0.1) is 0 Å². The first-order chi connectivity index (χ1) is 8.29. The van der Waals surface area contributed by atoms with Crippen LogP contribution in [0, 0.1) is 0 Å². The Kier molecular flexibility index (Phi) is 3.88. The average molecular weight is 230 g/mol. The van der Waals surface area contributed by atoms with Crippen LogP contribution in [0.15, 0.2) is 36.9 Å². The largest absolute Gasteiger partial charge is 0.310 e. The standard InChI is InChI=1S/C13H18N4/c1-3-15-13(12-5-4-6-14-9-12)7-11-8-16-17(2)10-11/h4-6,8-10,13,15H,3,7H2,1-2H3. The molecule has 0 aliphatic carbocycles. The molecule has 2 aromatic rings. The highest BCUT2D eigenvalue weighted by atomic mass is 15.2. The minimum Gasteiger partial charge on any atom is -0.310 e. The summed E-state index contributed by atoms with van der Waals surface area (Å²) in [6.07, 6.45) is 8.63. The van der Waals surface area contributed by atoms with E-state index in [9.17, 15) is 0 Å². The Hall–Kier alpha value is -1.68. The summed E-state index contributed by atoms with van der Waals surface area (Å²) in [6, 6.07) is 4.39. The molecule has 0 radical (unpaired) electrons. The van der Waals surface area contributed by atoms with Crippen LogP contribution in [0.1, 0.15) is 24.1 Å². The first-order valence-corrected chi connectivity index (χ1v) is 5.90. The molecular formula is C13H18N4. The Labute approximate surface area is 102 Å². The zero-order valence-corrected chi connectivity index (χ0v) is 10.3. The molecule has 0 saturated heterocycles. The highest BCUT2D eigenvalue weighted by Gasteiger charge is 2.11. The zero-order chi connectivity index (χ0) is 12.1. The van der Waals surface area contributed by atoms with Crippen LogP contribution in [0.4, 0.5) is 0 Å². The Bertz CT molecular complexity index is 449. The third-order valence-corrected chi connectivity index (χ3v) is 2.74. The second-order valence-corrected chi connectivity index (χ2v) is 4.12. The molecule has 1 N–H and O–H groups in total. The molecule has 0 bridgehead atoms. The number of aryl methyl sites for hydroxylation is 1. The molecule has 0 fully saturated rings. The minimum absolute atomic E-state index is 0.304. The summed E-state index contributed by atoms with van der Waals surface area (Å²) < 4.78 is 1.83. The van der Waals surface area contributed by atoms with Crippen LogP contribution < -0.4 is 5.32 Å². The van der Waals surface area contributed by atoms with Crippen molar-refractivity contribution in [3.05, 3.63) is 48.0 Å². The Morgan fingerprint density at radius 2 is 2.29 bits per heavy atom. The molecule has 0 aromatic carbocycles. The van der Waals surface area contributed by atoms with E-state index in [2.05, 4.69) is 34.6 Å². The van der Waals surface area contributed by atoms with Gasteiger partial charge in [-0.1, -0.05) is 13.0 Å². The average Bonchev–Trinajstić information content (AvgIpc) is 2.75. The molecular weight excluding hydrogens is 212 g/mol. The topological polar surface area (TPSA) is 42.7 Å². The molecule has 2 aromatic heterocycles. The SMILES string of the molecule is CCNC(Cc1cnn(C)c1)c1cccnc1. The van der Waals surface area contributed by atoms with Gasteiger partial charge in [-0.25, -0.2) is 0 Å². The lowest BCUT2D eigenvalue weighted by atomic mass is 10.0. The molecule has 90 valence electrons. The van der Waals surface area contributed by atoms with E-state index in [-0.39, 0.29) is 0 Å². The fourth-order valence-corrected chi connectivity index (χ4v) is 1.95. The zero-order valence-electron chi connectivity index (χ0n) is 10.3. The van der Waals surface area contributed by atoms with Crippen molar-refractivity contribution < 1.29 is 0 Å². The maximum atomic E-state index is 4.20. The van der Waals surface area contributed by atoms with Gasteiger partial charge in [0.15, 0.2) is 0 Å². The molecule has 0 spiro atoms. The molecule has 0 amide bonds. The number of hydrogen-bond acceptors (Lipinski definition) is 3. The summed E-state index contributed by atoms with van der Waals surface area (Å²) in [6.45, 7) is 3.06. The predicted molar refractivity (Wildman–Crippen MR) is 67.6 cm³/mol. The van der Waals surface area contributed by atoms with E-state index >= 15 is 0 Å². The Morgan fingerprint density at radius 3 is 2.88 bits per heavy atom. The first kappa shape index (κ1) is 11.8. The molecule has 0 aliphatic rings. The maximum Gasteiger partial charge on any atom is 0.0522 e. The van der Waals surface area contributed by atoms with Gasteiger partial charge >= 0.3 is 0 Å². The van der Waals surface area contributed by atoms with E-state index in [0.29, 0.717) is 6.04 Å². The summed E-state index contributed by atoms with van der Waals surface area (Å²) in [7, 11) is 1.94. The van der Waals surface area contributed by atoms with Crippen molar-refractivity contribution in [2.45, 2.75) is 19.4 Å². The predicted octanol–water partition coefficient (Wildman–Crippen LogP) is 1.71. The molecule has 4 heteroatoms. The summed E-state index contributed by atoms with van der Waals surface area (Å²) in [5.41, 5.74) is 2.46. The fourth-order valence-electron chi connectivity index (χ4n) is 1.95. The number of nitrogens with one attached hydrogen (secondary N) is 1. The number of nitrogens with zero attached hydrogens (tertiary/aromatic N) is 3. The van der Waals surface area contributed by atoms with E-state index in [0.717, 1.165) is 13.0 Å². The van der Waals surface area contributed by atoms with Gasteiger partial charge in [0.25, 0.3) is 0 Å². The van der Waals surface area contributed by atoms with E-state index in [1.807, 2.05) is 30.2 Å². The molecule has 1 unspecified atom stereocenters. The smallest absolute Gasteiger partial charge is 0.0522 e. The van der Waals surface area contributed by atoms with Crippen LogP contribution in [0.3, 0.4) is 0 Å². The molecule has 2 rings (SSSR count). The summed E-state index contributed by atoms with van der Waals surface area (Å²) >= 11 is 0. The Morgan fingerprint density at radius 1 is 1.41 bits per heavy atom. The highest BCUT2D eigenvalue weighted by Crippen LogP contribution is 2.16. The van der Waals surface area contributed by atoms with E-state index in [1.54, 1.807) is 6.20 Å². The van der Waals surface area contributed by atoms with E-state index < -0.39 is 0 Å². The fraction of sp³-hybridized carbons (Fsp3) is 0.385. The van der Waals surface area contributed by atoms with Gasteiger partial charge in [-0.3, -0.25) is 9.67 Å². The molecule has 1 atom stereocenters. The van der Waals surface area contributed by atoms with Gasteiger partial charge in [0.1, 0.15) is 0 Å². The molecule has 0 saturated carbocycles. The van der Waals surface area contributed by atoms with Gasteiger partial charge < -0.3 is 5.32 Å². The van der Waals surface area contributed by atoms with Crippen LogP contribution in [0.5, 0.6) is 0 Å². The summed E-state index contributed by atoms with van der Waals surface area (Å²) in [4.78, 5) is 4.17. The monoisotopic (exact) mass is 230 g/mol. The lowest BCUT2D eigenvalue weighted by Crippen LogP contribution is -2.22. The maximum absolute atomic E-state index is 4.20. The third-order valence-electron chi connectivity index (χ3n) is 2.74. The highest BCUT2D eigenvalue weighted by molar-refractivity contribution is 5.18. The summed E-state index contributed by atoms with van der Waals surface area (Å²) in [5.74, 6) is 0. The van der Waals surface area contributed by atoms with Crippen LogP contribution in [-0.4, -0.2) is 21.3 Å². The van der Waals surface area contributed by atoms with Crippen LogP contribution >= 0.6 is 0 Å². The number of likely N-dealkylation sites (N-methyl/N-ethyl adjacent to an activating group) is 1.